The molecule has 0 bridgehead atoms. The summed E-state index contributed by atoms with van der Waals surface area (Å²) in [5, 5.41) is 236. The Hall–Kier alpha value is -3.58. The molecule has 0 spiro atoms. The Labute approximate surface area is 747 Å². The number of allylic oxidation sites excluding steroid dienone is 2. The van der Waals surface area contributed by atoms with Gasteiger partial charge in [-0.25, -0.2) is 0 Å². The minimum atomic E-state index is -2.19. The number of aliphatic hydroxyl groups is 20. The summed E-state index contributed by atoms with van der Waals surface area (Å²) in [6.07, 6.45) is -57.4. The predicted octanol–water partition coefficient (Wildman–Crippen LogP) is -4.48. The number of carbonyl (C=O) groups excluding carboxylic acids is 3. The second-order valence-corrected chi connectivity index (χ2v) is 40.2. The number of aliphatic hydroxyl groups excluding tert-OH is 20. The first kappa shape index (κ1) is 103. The Morgan fingerprint density at radius 3 is 1.53 bits per heavy atom. The highest BCUT2D eigenvalue weighted by Crippen LogP contribution is 2.76. The fourth-order valence-electron chi connectivity index (χ4n) is 23.4. The van der Waals surface area contributed by atoms with Crippen LogP contribution in [0.25, 0.3) is 0 Å². The highest BCUT2D eigenvalue weighted by atomic mass is 16.8. The van der Waals surface area contributed by atoms with Crippen molar-refractivity contribution in [1.29, 1.82) is 0 Å². The number of amides is 1. The van der Waals surface area contributed by atoms with Crippen molar-refractivity contribution in [3.8, 4) is 0 Å². The lowest BCUT2D eigenvalue weighted by Crippen LogP contribution is -2.69. The maximum atomic E-state index is 16.1. The van der Waals surface area contributed by atoms with Gasteiger partial charge in [-0.1, -0.05) is 91.7 Å². The van der Waals surface area contributed by atoms with Gasteiger partial charge in [-0.2, -0.15) is 0 Å². The van der Waals surface area contributed by atoms with Gasteiger partial charge < -0.3 is 193 Å². The van der Waals surface area contributed by atoms with E-state index in [4.69, 9.17) is 80.9 Å². The molecule has 0 aromatic carbocycles. The maximum Gasteiger partial charge on any atom is 0.315 e. The molecule has 22 N–H and O–H groups in total. The van der Waals surface area contributed by atoms with E-state index in [9.17, 15) is 117 Å². The number of esters is 1. The number of hydrogen-bond donors (Lipinski definition) is 22. The first-order valence-electron chi connectivity index (χ1n) is 45.9. The fourth-order valence-corrected chi connectivity index (χ4v) is 23.4. The molecule has 5 aliphatic carbocycles. The van der Waals surface area contributed by atoms with Crippen molar-refractivity contribution < 1.29 is 202 Å². The van der Waals surface area contributed by atoms with E-state index in [2.05, 4.69) is 46.0 Å². The van der Waals surface area contributed by atoms with E-state index in [1.807, 2.05) is 0 Å². The van der Waals surface area contributed by atoms with Gasteiger partial charge in [0.1, 0.15) is 159 Å². The van der Waals surface area contributed by atoms with Crippen LogP contribution in [-0.2, 0) is 95.0 Å². The lowest BCUT2D eigenvalue weighted by molar-refractivity contribution is -0.399. The van der Waals surface area contributed by atoms with Crippen molar-refractivity contribution in [2.75, 3.05) is 33.0 Å². The number of nitrogens with one attached hydrogen (secondary N) is 1. The van der Waals surface area contributed by atoms with Gasteiger partial charge in [0.25, 0.3) is 5.91 Å². The molecule has 42 heteroatoms. The van der Waals surface area contributed by atoms with Crippen LogP contribution in [0.15, 0.2) is 11.6 Å². The summed E-state index contributed by atoms with van der Waals surface area (Å²) >= 11 is 0. The molecule has 0 radical (unpaired) electrons. The molecule has 740 valence electrons. The molecule has 129 heavy (non-hydrogen) atoms. The smallest absolute Gasteiger partial charge is 0.315 e. The Morgan fingerprint density at radius 1 is 0.442 bits per heavy atom. The standard InChI is InChI=1S/C87H141NO41/c1-36-49(96)55(102)60(107)75(116-36)124-67-62(109)69(72(112)88-29-17-15-13-11-10-12-14-16-18-48(94)95)126-80(71(67)128-76-61(108)56(103)53(100)43(31-89)119-76)121-47-22-23-83(6)45(84(47,7)35-91)21-24-86(9)46(83)20-19-39-40-30-82(4,5)25-27-87(40,28-26-85(39,86)8)81(113)129-79-70(57(104)50(97)37(2)117-79)127-77-64(111)68(65(38(3)118-77)122-73-58(105)51(98)41(92)33-114-73)125-78-63(110)66(54(101)44(32-90)120-78)123-74-59(106)52(99)42(93)34-115-74/h19,35-38,40-47,49-71,73-80,89-90,92-93,96-111H,10-18,20-34H2,1-9H3,(H,88,112)(H,94,95)/t36-,37+,38-,40-,41-,42+,43+,44+,45+,46+,47-,49-,50-,51+,52-,53-,54+,55+,56-,57-,58-,59+,60+,61+,62-,63+,64+,65-,66-,67-,68-,69-,70+,71+,73+,74-,75-,76-,77+,78-,79-,80+,83-,84-,85+,86+,87-/m0/s1. The van der Waals surface area contributed by atoms with Gasteiger partial charge in [0.15, 0.2) is 56.2 Å². The molecule has 8 saturated heterocycles. The number of unbranched alkanes of at least 4 members (excludes halogenated alkanes) is 7. The topological polar surface area (TPSA) is 653 Å². The minimum absolute atomic E-state index is 0.0978. The van der Waals surface area contributed by atoms with Gasteiger partial charge >= 0.3 is 11.9 Å². The van der Waals surface area contributed by atoms with Crippen LogP contribution < -0.4 is 5.32 Å². The van der Waals surface area contributed by atoms with E-state index in [0.29, 0.717) is 70.6 Å². The van der Waals surface area contributed by atoms with Gasteiger partial charge in [-0.15, -0.1) is 0 Å². The zero-order valence-electron chi connectivity index (χ0n) is 74.4. The molecule has 0 unspecified atom stereocenters. The van der Waals surface area contributed by atoms with Gasteiger partial charge in [0.2, 0.25) is 6.29 Å². The quantitative estimate of drug-likeness (QED) is 0.0102. The summed E-state index contributed by atoms with van der Waals surface area (Å²) in [6, 6.07) is 0. The van der Waals surface area contributed by atoms with Gasteiger partial charge in [0, 0.05) is 13.0 Å². The molecule has 1 amide bonds. The van der Waals surface area contributed by atoms with Crippen LogP contribution >= 0.6 is 0 Å². The van der Waals surface area contributed by atoms with Crippen molar-refractivity contribution in [1.82, 2.24) is 5.32 Å². The first-order chi connectivity index (χ1) is 60.8. The van der Waals surface area contributed by atoms with Crippen molar-refractivity contribution >= 4 is 24.1 Å². The number of hydrogen-bond acceptors (Lipinski definition) is 40. The van der Waals surface area contributed by atoms with Crippen LogP contribution in [0.3, 0.4) is 0 Å². The number of carbonyl (C=O) groups is 4. The lowest BCUT2D eigenvalue weighted by Gasteiger charge is -2.71. The van der Waals surface area contributed by atoms with Crippen LogP contribution in [0.4, 0.5) is 0 Å². The average Bonchev–Trinajstić information content (AvgIpc) is 0.672. The second-order valence-electron chi connectivity index (χ2n) is 40.2. The Kier molecular flexibility index (Phi) is 33.2. The van der Waals surface area contributed by atoms with E-state index < -0.39 is 323 Å². The SMILES string of the molecule is C[C@@H]1O[C@@H](O[C@H]2[C@H](O)[C@@H](C(=O)NCCCCCCCCCCC(=O)O)O[C@@H](O[C@H]3CC[C@]4(C)[C@H]5CC=C6[C@@H]7CC(C)(C)CC[C@]7(C(=O)O[C@@H]7O[C@H](C)[C@H](O)[C@H](O)[C@H]7O[C@H]7O[C@@H](C)[C@H](O[C@H]8OC[C@H](O)[C@@H](O)[C@@H]8O)[C@@H](O[C@@H]8O[C@H](CO)[C@@H](O)[C@H](O[C@@H]9OC[C@@H](O)[C@H](O)[C@H]9O)[C@H]8O)[C@H]7O)CC[C@@]6(C)[C@]5(C)CC[C@H]4[C@]3(C)C=O)[C@@H]2O[C@@H]2O[C@H](CO)[C@H](O)[C@H](O)[C@H]2O)[C@H](O)[C@H](O)[C@H]1O. The molecule has 13 rings (SSSR count). The second kappa shape index (κ2) is 41.6. The van der Waals surface area contributed by atoms with Crippen molar-refractivity contribution in [2.45, 2.75) is 424 Å². The molecule has 47 atom stereocenters. The average molecular weight is 1860 g/mol. The molecular formula is C87H141NO41. The number of rotatable bonds is 31. The summed E-state index contributed by atoms with van der Waals surface area (Å²) in [4.78, 5) is 56.4. The monoisotopic (exact) mass is 1860 g/mol. The molecular weight excluding hydrogens is 1710 g/mol. The summed E-state index contributed by atoms with van der Waals surface area (Å²) in [5.41, 5.74) is -3.85. The number of carboxylic acid groups (broad SMARTS) is 1. The van der Waals surface area contributed by atoms with Crippen molar-refractivity contribution in [2.24, 2.45) is 50.2 Å². The molecule has 13 aliphatic rings. The van der Waals surface area contributed by atoms with Crippen LogP contribution in [0, 0.1) is 50.2 Å². The molecule has 8 heterocycles. The normalized spacial score (nSPS) is 50.6. The molecule has 4 saturated carbocycles. The molecule has 12 fully saturated rings. The van der Waals surface area contributed by atoms with E-state index in [1.54, 1.807) is 6.92 Å². The zero-order chi connectivity index (χ0) is 94.0. The fraction of sp³-hybridized carbons (Fsp3) is 0.931. The summed E-state index contributed by atoms with van der Waals surface area (Å²) in [5.74, 6) is -3.52. The van der Waals surface area contributed by atoms with Crippen molar-refractivity contribution in [3.63, 3.8) is 0 Å². The third kappa shape index (κ3) is 20.1. The minimum Gasteiger partial charge on any atom is -0.481 e. The Balaban J connectivity index is 0.757. The maximum absolute atomic E-state index is 16.1. The van der Waals surface area contributed by atoms with Crippen LogP contribution in [-0.4, -0.2) is 404 Å². The molecule has 0 aromatic heterocycles. The molecule has 0 aromatic rings. The van der Waals surface area contributed by atoms with Gasteiger partial charge in [0.05, 0.1) is 61.7 Å². The van der Waals surface area contributed by atoms with Gasteiger partial charge in [-0.3, -0.25) is 14.4 Å². The number of fused-ring (bicyclic) bond motifs is 7. The summed E-state index contributed by atoms with van der Waals surface area (Å²) in [7, 11) is 0. The predicted molar refractivity (Wildman–Crippen MR) is 433 cm³/mol. The Morgan fingerprint density at radius 2 is 0.930 bits per heavy atom. The van der Waals surface area contributed by atoms with E-state index in [-0.39, 0.29) is 37.1 Å². The third-order valence-electron chi connectivity index (χ3n) is 31.5. The van der Waals surface area contributed by atoms with Crippen LogP contribution in [0.2, 0.25) is 0 Å². The summed E-state index contributed by atoms with van der Waals surface area (Å²) in [6.45, 7) is 14.1. The lowest BCUT2D eigenvalue weighted by atomic mass is 9.33. The van der Waals surface area contributed by atoms with Crippen LogP contribution in [0.5, 0.6) is 0 Å². The number of aldehydes is 1. The number of ether oxygens (including phenoxy) is 16. The highest BCUT2D eigenvalue weighted by Gasteiger charge is 2.72. The van der Waals surface area contributed by atoms with Crippen molar-refractivity contribution in [3.05, 3.63) is 11.6 Å². The van der Waals surface area contributed by atoms with Crippen LogP contribution in [0.1, 0.15) is 184 Å². The molecule has 8 aliphatic heterocycles. The zero-order valence-corrected chi connectivity index (χ0v) is 74.4. The first-order valence-corrected chi connectivity index (χ1v) is 45.9. The number of aliphatic carboxylic acids is 1. The van der Waals surface area contributed by atoms with E-state index in [0.717, 1.165) is 44.0 Å². The Bertz CT molecular complexity index is 3740. The molecule has 42 nitrogen and oxygen atoms in total. The highest BCUT2D eigenvalue weighted by molar-refractivity contribution is 5.82. The van der Waals surface area contributed by atoms with Gasteiger partial charge in [-0.05, 0) is 137 Å². The third-order valence-corrected chi connectivity index (χ3v) is 31.5. The summed E-state index contributed by atoms with van der Waals surface area (Å²) < 4.78 is 99.1. The number of carboxylic acids is 1. The van der Waals surface area contributed by atoms with E-state index >= 15 is 4.79 Å². The largest absolute Gasteiger partial charge is 0.481 e. The van der Waals surface area contributed by atoms with E-state index in [1.165, 1.54) is 20.8 Å².